The van der Waals surface area contributed by atoms with Gasteiger partial charge in [-0.3, -0.25) is 4.79 Å². The highest BCUT2D eigenvalue weighted by molar-refractivity contribution is 7.80. The SMILES string of the molecule is Cc1cc(C(O)COCC(=O)NCCS)ccc1OC(=O)N(CCCN(C)C)CCCN(C)C. The van der Waals surface area contributed by atoms with E-state index in [-0.39, 0.29) is 25.2 Å². The van der Waals surface area contributed by atoms with E-state index in [0.29, 0.717) is 36.7 Å². The molecule has 0 fully saturated rings. The van der Waals surface area contributed by atoms with Crippen molar-refractivity contribution in [2.24, 2.45) is 0 Å². The number of amides is 2. The first-order valence-electron chi connectivity index (χ1n) is 11.6. The van der Waals surface area contributed by atoms with Gasteiger partial charge in [-0.2, -0.15) is 12.6 Å². The van der Waals surface area contributed by atoms with Crippen LogP contribution in [-0.4, -0.2) is 112 Å². The summed E-state index contributed by atoms with van der Waals surface area (Å²) in [6.07, 6.45) is 0.459. The van der Waals surface area contributed by atoms with Crippen LogP contribution in [0.4, 0.5) is 4.79 Å². The van der Waals surface area contributed by atoms with Crippen molar-refractivity contribution in [1.29, 1.82) is 0 Å². The number of benzene rings is 1. The minimum Gasteiger partial charge on any atom is -0.410 e. The Labute approximate surface area is 209 Å². The maximum atomic E-state index is 12.9. The third-order valence-electron chi connectivity index (χ3n) is 5.05. The highest BCUT2D eigenvalue weighted by Crippen LogP contribution is 2.24. The summed E-state index contributed by atoms with van der Waals surface area (Å²) in [7, 11) is 8.05. The molecule has 0 aliphatic heterocycles. The molecule has 34 heavy (non-hydrogen) atoms. The van der Waals surface area contributed by atoms with Gasteiger partial charge in [0.1, 0.15) is 18.5 Å². The molecule has 0 radical (unpaired) electrons. The van der Waals surface area contributed by atoms with Gasteiger partial charge in [-0.15, -0.1) is 0 Å². The molecule has 0 aromatic heterocycles. The number of aliphatic hydroxyl groups excluding tert-OH is 1. The van der Waals surface area contributed by atoms with Gasteiger partial charge >= 0.3 is 6.09 Å². The van der Waals surface area contributed by atoms with E-state index in [1.807, 2.05) is 35.1 Å². The number of rotatable bonds is 16. The fraction of sp³-hybridized carbons (Fsp3) is 0.667. The van der Waals surface area contributed by atoms with E-state index in [1.54, 1.807) is 23.1 Å². The second kappa shape index (κ2) is 16.7. The molecule has 1 unspecified atom stereocenters. The van der Waals surface area contributed by atoms with Crippen LogP contribution in [0.25, 0.3) is 0 Å². The van der Waals surface area contributed by atoms with Crippen molar-refractivity contribution in [3.05, 3.63) is 29.3 Å². The van der Waals surface area contributed by atoms with E-state index in [4.69, 9.17) is 9.47 Å². The van der Waals surface area contributed by atoms with E-state index in [9.17, 15) is 14.7 Å². The Bertz CT molecular complexity index is 734. The smallest absolute Gasteiger partial charge is 0.410 e. The van der Waals surface area contributed by atoms with Crippen LogP contribution in [0.3, 0.4) is 0 Å². The van der Waals surface area contributed by atoms with Crippen molar-refractivity contribution in [3.8, 4) is 5.75 Å². The molecule has 1 aromatic carbocycles. The van der Waals surface area contributed by atoms with Crippen molar-refractivity contribution in [3.63, 3.8) is 0 Å². The van der Waals surface area contributed by atoms with Gasteiger partial charge in [0.15, 0.2) is 0 Å². The van der Waals surface area contributed by atoms with E-state index in [2.05, 4.69) is 27.7 Å². The molecule has 0 aliphatic carbocycles. The van der Waals surface area contributed by atoms with Crippen molar-refractivity contribution in [1.82, 2.24) is 20.0 Å². The molecule has 2 N–H and O–H groups in total. The van der Waals surface area contributed by atoms with Crippen LogP contribution in [0, 0.1) is 6.92 Å². The zero-order valence-electron chi connectivity index (χ0n) is 21.2. The Kier molecular flexibility index (Phi) is 14.8. The summed E-state index contributed by atoms with van der Waals surface area (Å²) >= 11 is 4.03. The lowest BCUT2D eigenvalue weighted by molar-refractivity contribution is -0.126. The van der Waals surface area contributed by atoms with Gasteiger partial charge in [0.2, 0.25) is 5.91 Å². The van der Waals surface area contributed by atoms with Crippen LogP contribution in [0.2, 0.25) is 0 Å². The zero-order valence-corrected chi connectivity index (χ0v) is 22.1. The molecule has 2 amide bonds. The first-order chi connectivity index (χ1) is 16.1. The Hall–Kier alpha value is -1.85. The quantitative estimate of drug-likeness (QED) is 0.299. The van der Waals surface area contributed by atoms with Crippen LogP contribution in [0.15, 0.2) is 18.2 Å². The summed E-state index contributed by atoms with van der Waals surface area (Å²) < 4.78 is 11.0. The highest BCUT2D eigenvalue weighted by atomic mass is 32.1. The van der Waals surface area contributed by atoms with Crippen molar-refractivity contribution < 1.29 is 24.2 Å². The number of nitrogens with zero attached hydrogens (tertiary/aromatic N) is 3. The number of carbonyl (C=O) groups is 2. The van der Waals surface area contributed by atoms with Gasteiger partial charge in [0.05, 0.1) is 6.61 Å². The largest absolute Gasteiger partial charge is 0.415 e. The molecule has 0 heterocycles. The lowest BCUT2D eigenvalue weighted by atomic mass is 10.1. The molecule has 0 saturated carbocycles. The maximum Gasteiger partial charge on any atom is 0.415 e. The first kappa shape index (κ1) is 30.2. The maximum absolute atomic E-state index is 12.9. The van der Waals surface area contributed by atoms with Gasteiger partial charge in [-0.25, -0.2) is 4.79 Å². The molecule has 0 spiro atoms. The second-order valence-corrected chi connectivity index (χ2v) is 9.25. The Balaban J connectivity index is 2.67. The summed E-state index contributed by atoms with van der Waals surface area (Å²) in [6, 6.07) is 5.15. The normalized spacial score (nSPS) is 12.1. The lowest BCUT2D eigenvalue weighted by Gasteiger charge is -2.24. The molecule has 9 nitrogen and oxygen atoms in total. The summed E-state index contributed by atoms with van der Waals surface area (Å²) in [6.45, 7) is 5.18. The minimum atomic E-state index is -0.894. The van der Waals surface area contributed by atoms with E-state index >= 15 is 0 Å². The van der Waals surface area contributed by atoms with Crippen LogP contribution in [0.5, 0.6) is 5.75 Å². The number of aryl methyl sites for hydroxylation is 1. The molecule has 0 saturated heterocycles. The fourth-order valence-electron chi connectivity index (χ4n) is 3.21. The highest BCUT2D eigenvalue weighted by Gasteiger charge is 2.18. The van der Waals surface area contributed by atoms with Gasteiger partial charge < -0.3 is 34.6 Å². The summed E-state index contributed by atoms with van der Waals surface area (Å²) in [5.74, 6) is 0.757. The topological polar surface area (TPSA) is 94.6 Å². The summed E-state index contributed by atoms with van der Waals surface area (Å²) in [4.78, 5) is 30.4. The molecule has 194 valence electrons. The molecular weight excluding hydrogens is 456 g/mol. The number of hydrogen-bond donors (Lipinski definition) is 3. The van der Waals surface area contributed by atoms with Crippen LogP contribution >= 0.6 is 12.6 Å². The molecule has 0 bridgehead atoms. The Morgan fingerprint density at radius 2 is 1.68 bits per heavy atom. The van der Waals surface area contributed by atoms with Crippen LogP contribution in [0.1, 0.15) is 30.1 Å². The molecular formula is C24H42N4O5S. The van der Waals surface area contributed by atoms with Crippen molar-refractivity contribution >= 4 is 24.6 Å². The van der Waals surface area contributed by atoms with Gasteiger partial charge in [-0.1, -0.05) is 6.07 Å². The number of nitrogens with one attached hydrogen (secondary N) is 1. The second-order valence-electron chi connectivity index (χ2n) is 8.80. The number of aliphatic hydroxyl groups is 1. The molecule has 1 rings (SSSR count). The summed E-state index contributed by atoms with van der Waals surface area (Å²) in [5, 5.41) is 13.0. The first-order valence-corrected chi connectivity index (χ1v) is 12.3. The molecule has 0 aliphatic rings. The van der Waals surface area contributed by atoms with Crippen molar-refractivity contribution in [2.45, 2.75) is 25.9 Å². The van der Waals surface area contributed by atoms with E-state index in [1.165, 1.54) is 0 Å². The average Bonchev–Trinajstić information content (AvgIpc) is 2.77. The van der Waals surface area contributed by atoms with Crippen LogP contribution < -0.4 is 10.1 Å². The molecule has 1 aromatic rings. The molecule has 1 atom stereocenters. The molecule has 10 heteroatoms. The summed E-state index contributed by atoms with van der Waals surface area (Å²) in [5.41, 5.74) is 1.36. The number of hydrogen-bond acceptors (Lipinski definition) is 8. The lowest BCUT2D eigenvalue weighted by Crippen LogP contribution is -2.37. The predicted molar refractivity (Wildman–Crippen MR) is 138 cm³/mol. The van der Waals surface area contributed by atoms with Gasteiger partial charge in [0.25, 0.3) is 0 Å². The zero-order chi connectivity index (χ0) is 25.5. The number of carbonyl (C=O) groups excluding carboxylic acids is 2. The average molecular weight is 499 g/mol. The van der Waals surface area contributed by atoms with Gasteiger partial charge in [0, 0.05) is 25.4 Å². The van der Waals surface area contributed by atoms with Crippen molar-refractivity contribution in [2.75, 3.05) is 79.9 Å². The standard InChI is InChI=1S/C24H42N4O5S/c1-19-16-20(21(29)17-32-18-23(30)25-10-15-34)8-9-22(19)33-24(31)28(13-6-11-26(2)3)14-7-12-27(4)5/h8-9,16,21,29,34H,6-7,10-15,17-18H2,1-5H3,(H,25,30). The predicted octanol–water partition coefficient (Wildman–Crippen LogP) is 1.80. The third kappa shape index (κ3) is 12.6. The van der Waals surface area contributed by atoms with Gasteiger partial charge in [-0.05, 0) is 84.3 Å². The Morgan fingerprint density at radius 1 is 1.06 bits per heavy atom. The van der Waals surface area contributed by atoms with E-state index < -0.39 is 6.10 Å². The van der Waals surface area contributed by atoms with Crippen LogP contribution in [-0.2, 0) is 9.53 Å². The van der Waals surface area contributed by atoms with E-state index in [0.717, 1.165) is 31.5 Å². The monoisotopic (exact) mass is 498 g/mol. The minimum absolute atomic E-state index is 0.0155. The third-order valence-corrected chi connectivity index (χ3v) is 5.27. The number of thiol groups is 1. The Morgan fingerprint density at radius 3 is 2.21 bits per heavy atom. The fourth-order valence-corrected chi connectivity index (χ4v) is 3.32. The number of ether oxygens (including phenoxy) is 2.